The molecule has 1 aliphatic heterocycles. The summed E-state index contributed by atoms with van der Waals surface area (Å²) >= 11 is 0.912. The van der Waals surface area contributed by atoms with Crippen molar-refractivity contribution in [1.29, 1.82) is 0 Å². The topological polar surface area (TPSA) is 97.4 Å². The van der Waals surface area contributed by atoms with Gasteiger partial charge in [0.05, 0.1) is 12.6 Å². The van der Waals surface area contributed by atoms with Crippen LogP contribution in [0.25, 0.3) is 0 Å². The summed E-state index contributed by atoms with van der Waals surface area (Å²) in [6.45, 7) is 3.51. The predicted octanol–water partition coefficient (Wildman–Crippen LogP) is 0.628. The van der Waals surface area contributed by atoms with Crippen molar-refractivity contribution in [3.05, 3.63) is 11.2 Å². The van der Waals surface area contributed by atoms with Crippen LogP contribution in [0.1, 0.15) is 23.8 Å². The van der Waals surface area contributed by atoms with Gasteiger partial charge in [0, 0.05) is 6.04 Å². The molecule has 2 N–H and O–H groups in total. The lowest BCUT2D eigenvalue weighted by Crippen LogP contribution is -2.48. The molecule has 120 valence electrons. The summed E-state index contributed by atoms with van der Waals surface area (Å²) in [5.74, 6) is -0.557. The lowest BCUT2D eigenvalue weighted by atomic mass is 9.97. The number of carbonyl (C=O) groups is 1. The number of piperidine rings is 1. The highest BCUT2D eigenvalue weighted by atomic mass is 35.5. The number of sulfonamides is 1. The molecule has 7 nitrogen and oxygen atoms in total. The third-order valence-electron chi connectivity index (χ3n) is 3.25. The summed E-state index contributed by atoms with van der Waals surface area (Å²) in [6.07, 6.45) is 0.715. The van der Waals surface area contributed by atoms with Crippen LogP contribution in [0.15, 0.2) is 9.72 Å². The number of nitrogens with one attached hydrogen (secondary N) is 2. The van der Waals surface area contributed by atoms with Gasteiger partial charge in [0.1, 0.15) is 0 Å². The molecule has 0 amide bonds. The average molecular weight is 356 g/mol. The van der Waals surface area contributed by atoms with Crippen LogP contribution in [0.3, 0.4) is 0 Å². The molecule has 2 rings (SSSR count). The van der Waals surface area contributed by atoms with E-state index in [2.05, 4.69) is 19.8 Å². The largest absolute Gasteiger partial charge is 0.464 e. The van der Waals surface area contributed by atoms with Crippen molar-refractivity contribution in [3.8, 4) is 0 Å². The van der Waals surface area contributed by atoms with Crippen LogP contribution in [0.4, 0.5) is 0 Å². The fraction of sp³-hybridized carbons (Fsp3) is 0.636. The first kappa shape index (κ1) is 18.3. The highest BCUT2D eigenvalue weighted by Crippen LogP contribution is 2.22. The molecular formula is C11H18ClN3O4S2. The molecule has 0 aliphatic carbocycles. The molecule has 0 saturated carbocycles. The highest BCUT2D eigenvalue weighted by Gasteiger charge is 2.31. The second-order valence-electron chi connectivity index (χ2n) is 4.68. The summed E-state index contributed by atoms with van der Waals surface area (Å²) in [5.41, 5.74) is 1.17. The van der Waals surface area contributed by atoms with Crippen molar-refractivity contribution in [2.45, 2.75) is 23.6 Å². The molecule has 0 spiro atoms. The smallest absolute Gasteiger partial charge is 0.358 e. The van der Waals surface area contributed by atoms with Crippen molar-refractivity contribution >= 4 is 39.7 Å². The van der Waals surface area contributed by atoms with Crippen molar-refractivity contribution in [1.82, 2.24) is 15.0 Å². The minimum atomic E-state index is -3.76. The Morgan fingerprint density at radius 2 is 2.29 bits per heavy atom. The van der Waals surface area contributed by atoms with Gasteiger partial charge in [-0.15, -0.1) is 23.7 Å². The van der Waals surface area contributed by atoms with Crippen LogP contribution >= 0.6 is 23.7 Å². The number of aromatic nitrogens is 1. The Balaban J connectivity index is 0.00000220. The Morgan fingerprint density at radius 1 is 1.57 bits per heavy atom. The molecule has 2 atom stereocenters. The number of thiazole rings is 1. The maximum absolute atomic E-state index is 12.4. The summed E-state index contributed by atoms with van der Waals surface area (Å²) in [7, 11) is -2.56. The van der Waals surface area contributed by atoms with Gasteiger partial charge in [-0.3, -0.25) is 0 Å². The number of nitrogens with zero attached hydrogens (tertiary/aromatic N) is 1. The molecule has 0 radical (unpaired) electrons. The number of ether oxygens (including phenoxy) is 1. The minimum Gasteiger partial charge on any atom is -0.464 e. The van der Waals surface area contributed by atoms with Crippen LogP contribution in [-0.4, -0.2) is 45.6 Å². The zero-order valence-corrected chi connectivity index (χ0v) is 14.1. The highest BCUT2D eigenvalue weighted by molar-refractivity contribution is 7.91. The Hall–Kier alpha value is -0.740. The SMILES string of the molecule is COC(=O)c1ncsc1S(=O)(=O)NC1CCNCC1C.Cl. The fourth-order valence-electron chi connectivity index (χ4n) is 2.10. The number of carbonyl (C=O) groups excluding carboxylic acids is 1. The third-order valence-corrected chi connectivity index (χ3v) is 6.11. The second-order valence-corrected chi connectivity index (χ2v) is 7.44. The van der Waals surface area contributed by atoms with Gasteiger partial charge in [0.2, 0.25) is 0 Å². The zero-order chi connectivity index (χ0) is 14.8. The lowest BCUT2D eigenvalue weighted by Gasteiger charge is -2.29. The van der Waals surface area contributed by atoms with Crippen LogP contribution in [0.5, 0.6) is 0 Å². The average Bonchev–Trinajstić information content (AvgIpc) is 2.90. The van der Waals surface area contributed by atoms with Crippen LogP contribution in [0.2, 0.25) is 0 Å². The number of rotatable bonds is 4. The molecule has 2 unspecified atom stereocenters. The van der Waals surface area contributed by atoms with E-state index in [4.69, 9.17) is 0 Å². The molecular weight excluding hydrogens is 338 g/mol. The Labute approximate surface area is 133 Å². The molecule has 1 aromatic heterocycles. The normalized spacial score (nSPS) is 22.4. The molecule has 1 saturated heterocycles. The van der Waals surface area contributed by atoms with Gasteiger partial charge in [-0.2, -0.15) is 0 Å². The molecule has 1 aliphatic rings. The first-order valence-electron chi connectivity index (χ1n) is 6.20. The minimum absolute atomic E-state index is 0. The first-order chi connectivity index (χ1) is 9.45. The van der Waals surface area contributed by atoms with E-state index in [9.17, 15) is 13.2 Å². The van der Waals surface area contributed by atoms with E-state index in [0.29, 0.717) is 6.42 Å². The van der Waals surface area contributed by atoms with Gasteiger partial charge < -0.3 is 10.1 Å². The predicted molar refractivity (Wildman–Crippen MR) is 81.5 cm³/mol. The quantitative estimate of drug-likeness (QED) is 0.769. The Kier molecular flexibility index (Phi) is 6.54. The summed E-state index contributed by atoms with van der Waals surface area (Å²) in [4.78, 5) is 15.3. The van der Waals surface area contributed by atoms with Crippen LogP contribution in [-0.2, 0) is 14.8 Å². The molecule has 0 aromatic carbocycles. The number of methoxy groups -OCH3 is 1. The lowest BCUT2D eigenvalue weighted by molar-refractivity contribution is 0.0590. The summed E-state index contributed by atoms with van der Waals surface area (Å²) in [5, 5.41) is 3.21. The fourth-order valence-corrected chi connectivity index (χ4v) is 4.63. The number of esters is 1. The van der Waals surface area contributed by atoms with E-state index in [1.54, 1.807) is 0 Å². The van der Waals surface area contributed by atoms with Crippen molar-refractivity contribution in [3.63, 3.8) is 0 Å². The number of hydrogen-bond acceptors (Lipinski definition) is 7. The molecule has 1 fully saturated rings. The van der Waals surface area contributed by atoms with E-state index >= 15 is 0 Å². The molecule has 10 heteroatoms. The van der Waals surface area contributed by atoms with Gasteiger partial charge >= 0.3 is 5.97 Å². The van der Waals surface area contributed by atoms with Gasteiger partial charge in [-0.05, 0) is 25.4 Å². The van der Waals surface area contributed by atoms with Crippen molar-refractivity contribution in [2.24, 2.45) is 5.92 Å². The molecule has 0 bridgehead atoms. The van der Waals surface area contributed by atoms with Crippen LogP contribution < -0.4 is 10.0 Å². The molecule has 1 aromatic rings. The zero-order valence-electron chi connectivity index (χ0n) is 11.7. The number of halogens is 1. The van der Waals surface area contributed by atoms with Crippen molar-refractivity contribution in [2.75, 3.05) is 20.2 Å². The van der Waals surface area contributed by atoms with E-state index in [-0.39, 0.29) is 34.3 Å². The van der Waals surface area contributed by atoms with Gasteiger partial charge in [0.25, 0.3) is 10.0 Å². The summed E-state index contributed by atoms with van der Waals surface area (Å²) in [6, 6.07) is -0.145. The molecule has 21 heavy (non-hydrogen) atoms. The van der Waals surface area contributed by atoms with Crippen molar-refractivity contribution < 1.29 is 17.9 Å². The maximum atomic E-state index is 12.4. The van der Waals surface area contributed by atoms with E-state index in [1.165, 1.54) is 12.6 Å². The molecule has 2 heterocycles. The van der Waals surface area contributed by atoms with E-state index in [0.717, 1.165) is 24.4 Å². The number of hydrogen-bond donors (Lipinski definition) is 2. The summed E-state index contributed by atoms with van der Waals surface area (Å²) < 4.78 is 31.9. The second kappa shape index (κ2) is 7.50. The van der Waals surface area contributed by atoms with E-state index in [1.807, 2.05) is 6.92 Å². The van der Waals surface area contributed by atoms with Gasteiger partial charge in [-0.25, -0.2) is 22.9 Å². The Morgan fingerprint density at radius 3 is 2.90 bits per heavy atom. The third kappa shape index (κ3) is 4.13. The standard InChI is InChI=1S/C11H17N3O4S2.ClH/c1-7-5-12-4-3-8(7)14-20(16,17)11-9(10(15)18-2)13-6-19-11;/h6-8,12,14H,3-5H2,1-2H3;1H. The monoisotopic (exact) mass is 355 g/mol. The van der Waals surface area contributed by atoms with E-state index < -0.39 is 16.0 Å². The Bertz CT molecular complexity index is 590. The van der Waals surface area contributed by atoms with Gasteiger partial charge in [-0.1, -0.05) is 6.92 Å². The maximum Gasteiger partial charge on any atom is 0.358 e. The van der Waals surface area contributed by atoms with Crippen LogP contribution in [0, 0.1) is 5.92 Å². The van der Waals surface area contributed by atoms with Gasteiger partial charge in [0.15, 0.2) is 9.90 Å². The first-order valence-corrected chi connectivity index (χ1v) is 8.57.